The summed E-state index contributed by atoms with van der Waals surface area (Å²) in [6, 6.07) is 0. The van der Waals surface area contributed by atoms with Crippen molar-refractivity contribution in [2.24, 2.45) is 0 Å². The second-order valence-electron chi connectivity index (χ2n) is 1.38. The number of hydrogen-bond donors (Lipinski definition) is 1. The zero-order chi connectivity index (χ0) is 7.33. The Morgan fingerprint density at radius 1 is 1.44 bits per heavy atom. The molecule has 54 valence electrons. The van der Waals surface area contributed by atoms with Crippen LogP contribution in [0.2, 0.25) is 0 Å². The van der Waals surface area contributed by atoms with Crippen molar-refractivity contribution in [1.29, 1.82) is 0 Å². The summed E-state index contributed by atoms with van der Waals surface area (Å²) < 4.78 is 29.5. The Balaban J connectivity index is 3.65. The van der Waals surface area contributed by atoms with Crippen LogP contribution < -0.4 is 0 Å². The molecule has 0 amide bonds. The zero-order valence-corrected chi connectivity index (χ0v) is 5.47. The molecule has 0 aromatic carbocycles. The molecule has 0 rings (SSSR count). The van der Waals surface area contributed by atoms with Crippen LogP contribution in [0.4, 0.5) is 0 Å². The van der Waals surface area contributed by atoms with Crippen molar-refractivity contribution in [3.63, 3.8) is 0 Å². The van der Waals surface area contributed by atoms with Crippen LogP contribution in [0.5, 0.6) is 0 Å². The van der Waals surface area contributed by atoms with E-state index >= 15 is 0 Å². The van der Waals surface area contributed by atoms with Crippen molar-refractivity contribution in [3.8, 4) is 0 Å². The quantitative estimate of drug-likeness (QED) is 0.418. The van der Waals surface area contributed by atoms with Gasteiger partial charge in [0.05, 0.1) is 22.5 Å². The second-order valence-corrected chi connectivity index (χ2v) is 2.83. The average molecular weight is 151 g/mol. The van der Waals surface area contributed by atoms with Gasteiger partial charge in [-0.2, -0.15) is 0 Å². The monoisotopic (exact) mass is 151 g/mol. The number of aliphatic hydroxyl groups is 1. The highest BCUT2D eigenvalue weighted by molar-refractivity contribution is 7.85. The van der Waals surface area contributed by atoms with Crippen LogP contribution in [0, 0.1) is 0 Å². The minimum atomic E-state index is -4.14. The Labute approximate surface area is 53.6 Å². The molecular weight excluding hydrogens is 144 g/mol. The van der Waals surface area contributed by atoms with E-state index in [9.17, 15) is 13.0 Å². The summed E-state index contributed by atoms with van der Waals surface area (Å²) >= 11 is 0. The van der Waals surface area contributed by atoms with E-state index in [1.807, 2.05) is 0 Å². The van der Waals surface area contributed by atoms with E-state index < -0.39 is 15.9 Å². The van der Waals surface area contributed by atoms with Crippen molar-refractivity contribution in [3.05, 3.63) is 12.2 Å². The Bertz CT molecular complexity index is 179. The highest BCUT2D eigenvalue weighted by Crippen LogP contribution is 1.81. The Kier molecular flexibility index (Phi) is 3.44. The lowest BCUT2D eigenvalue weighted by Crippen LogP contribution is -2.00. The fourth-order valence-electron chi connectivity index (χ4n) is 0.260. The maximum absolute atomic E-state index is 9.82. The second kappa shape index (κ2) is 3.60. The Morgan fingerprint density at radius 2 is 2.00 bits per heavy atom. The standard InChI is InChI=1S/C4H8O4S/c5-3-1-2-4-9(6,7)8/h1-2,5H,3-4H2,(H,6,7,8)/p-1/b2-1+. The zero-order valence-electron chi connectivity index (χ0n) is 4.65. The van der Waals surface area contributed by atoms with Gasteiger partial charge in [-0.3, -0.25) is 0 Å². The molecule has 0 aromatic rings. The van der Waals surface area contributed by atoms with Gasteiger partial charge in [0.2, 0.25) is 0 Å². The van der Waals surface area contributed by atoms with Crippen LogP contribution in [0.15, 0.2) is 12.2 Å². The van der Waals surface area contributed by atoms with Gasteiger partial charge in [-0.05, 0) is 0 Å². The highest BCUT2D eigenvalue weighted by atomic mass is 32.2. The predicted octanol–water partition coefficient (Wildman–Crippen LogP) is -0.920. The Hall–Kier alpha value is -0.390. The van der Waals surface area contributed by atoms with E-state index in [-0.39, 0.29) is 6.61 Å². The summed E-state index contributed by atoms with van der Waals surface area (Å²) in [6.07, 6.45) is 2.32. The van der Waals surface area contributed by atoms with Crippen molar-refractivity contribution in [2.45, 2.75) is 0 Å². The Morgan fingerprint density at radius 3 is 2.33 bits per heavy atom. The highest BCUT2D eigenvalue weighted by Gasteiger charge is 1.85. The van der Waals surface area contributed by atoms with Gasteiger partial charge in [0.15, 0.2) is 0 Å². The van der Waals surface area contributed by atoms with Crippen LogP contribution in [-0.2, 0) is 10.1 Å². The number of aliphatic hydroxyl groups excluding tert-OH is 1. The van der Waals surface area contributed by atoms with Gasteiger partial charge in [0, 0.05) is 0 Å². The predicted molar refractivity (Wildman–Crippen MR) is 30.8 cm³/mol. The first kappa shape index (κ1) is 8.61. The van der Waals surface area contributed by atoms with E-state index in [2.05, 4.69) is 0 Å². The van der Waals surface area contributed by atoms with E-state index in [0.29, 0.717) is 0 Å². The molecule has 9 heavy (non-hydrogen) atoms. The summed E-state index contributed by atoms with van der Waals surface area (Å²) in [6.45, 7) is -0.241. The fourth-order valence-corrected chi connectivity index (χ4v) is 0.632. The van der Waals surface area contributed by atoms with Gasteiger partial charge >= 0.3 is 0 Å². The van der Waals surface area contributed by atoms with E-state index in [1.165, 1.54) is 6.08 Å². The van der Waals surface area contributed by atoms with Crippen LogP contribution in [0.1, 0.15) is 0 Å². The maximum Gasteiger partial charge on any atom is 0.0982 e. The molecule has 5 heteroatoms. The van der Waals surface area contributed by atoms with Crippen molar-refractivity contribution in [2.75, 3.05) is 12.4 Å². The molecule has 0 saturated heterocycles. The molecule has 0 fully saturated rings. The summed E-state index contributed by atoms with van der Waals surface area (Å²) in [7, 11) is -4.14. The first-order valence-electron chi connectivity index (χ1n) is 2.25. The average Bonchev–Trinajstić information content (AvgIpc) is 1.63. The lowest BCUT2D eigenvalue weighted by atomic mass is 10.6. The van der Waals surface area contributed by atoms with E-state index in [0.717, 1.165) is 6.08 Å². The first-order chi connectivity index (χ1) is 4.06. The van der Waals surface area contributed by atoms with Crippen LogP contribution in [0.25, 0.3) is 0 Å². The van der Waals surface area contributed by atoms with Gasteiger partial charge in [0.1, 0.15) is 0 Å². The third-order valence-electron chi connectivity index (χ3n) is 0.572. The molecule has 0 atom stereocenters. The van der Waals surface area contributed by atoms with Crippen molar-refractivity contribution < 1.29 is 18.1 Å². The summed E-state index contributed by atoms with van der Waals surface area (Å²) in [5.74, 6) is -0.548. The summed E-state index contributed by atoms with van der Waals surface area (Å²) in [4.78, 5) is 0. The van der Waals surface area contributed by atoms with Crippen LogP contribution >= 0.6 is 0 Å². The van der Waals surface area contributed by atoms with Crippen LogP contribution in [-0.4, -0.2) is 30.4 Å². The normalized spacial score (nSPS) is 12.7. The molecule has 0 radical (unpaired) electrons. The third kappa shape index (κ3) is 7.61. The largest absolute Gasteiger partial charge is 0.748 e. The van der Waals surface area contributed by atoms with Crippen LogP contribution in [0.3, 0.4) is 0 Å². The topological polar surface area (TPSA) is 77.4 Å². The molecule has 0 spiro atoms. The molecule has 0 aliphatic heterocycles. The lowest BCUT2D eigenvalue weighted by Gasteiger charge is -1.99. The molecule has 0 heterocycles. The SMILES string of the molecule is O=S(=O)([O-])C/C=C/CO. The lowest BCUT2D eigenvalue weighted by molar-refractivity contribution is 0.342. The molecule has 0 saturated carbocycles. The molecule has 0 aliphatic rings. The molecule has 4 nitrogen and oxygen atoms in total. The summed E-state index contributed by atoms with van der Waals surface area (Å²) in [5, 5.41) is 8.08. The van der Waals surface area contributed by atoms with Gasteiger partial charge in [-0.15, -0.1) is 0 Å². The maximum atomic E-state index is 9.82. The number of hydrogen-bond acceptors (Lipinski definition) is 4. The summed E-state index contributed by atoms with van der Waals surface area (Å²) in [5.41, 5.74) is 0. The molecule has 0 aliphatic carbocycles. The molecular formula is C4H7O4S-. The molecule has 0 unspecified atom stereocenters. The molecule has 0 aromatic heterocycles. The smallest absolute Gasteiger partial charge is 0.0982 e. The minimum absolute atomic E-state index is 0.241. The van der Waals surface area contributed by atoms with Gasteiger partial charge in [-0.1, -0.05) is 12.2 Å². The van der Waals surface area contributed by atoms with Gasteiger partial charge in [0.25, 0.3) is 0 Å². The van der Waals surface area contributed by atoms with Crippen molar-refractivity contribution >= 4 is 10.1 Å². The minimum Gasteiger partial charge on any atom is -0.748 e. The third-order valence-corrected chi connectivity index (χ3v) is 1.17. The molecule has 0 bridgehead atoms. The number of rotatable bonds is 3. The fraction of sp³-hybridized carbons (Fsp3) is 0.500. The molecule has 1 N–H and O–H groups in total. The van der Waals surface area contributed by atoms with Crippen molar-refractivity contribution in [1.82, 2.24) is 0 Å². The van der Waals surface area contributed by atoms with E-state index in [4.69, 9.17) is 5.11 Å². The van der Waals surface area contributed by atoms with E-state index in [1.54, 1.807) is 0 Å². The van der Waals surface area contributed by atoms with Gasteiger partial charge < -0.3 is 9.66 Å². The first-order valence-corrected chi connectivity index (χ1v) is 3.83. The van der Waals surface area contributed by atoms with Gasteiger partial charge in [-0.25, -0.2) is 8.42 Å².